The number of carbonyl (C=O) groups excluding carboxylic acids is 1. The summed E-state index contributed by atoms with van der Waals surface area (Å²) in [5.41, 5.74) is 5.65. The predicted octanol–water partition coefficient (Wildman–Crippen LogP) is 4.69. The molecule has 0 saturated heterocycles. The molecule has 1 amide bonds. The van der Waals surface area contributed by atoms with Gasteiger partial charge in [0.15, 0.2) is 0 Å². The summed E-state index contributed by atoms with van der Waals surface area (Å²) in [6.07, 6.45) is 3.03. The number of carboxylic acid groups (broad SMARTS) is 1. The van der Waals surface area contributed by atoms with Crippen molar-refractivity contribution in [2.75, 3.05) is 7.05 Å². The largest absolute Gasteiger partial charge is 0.481 e. The Labute approximate surface area is 203 Å². The monoisotopic (exact) mass is 476 g/mol. The van der Waals surface area contributed by atoms with Crippen LogP contribution >= 0.6 is 0 Å². The Kier molecular flexibility index (Phi) is 6.56. The van der Waals surface area contributed by atoms with Gasteiger partial charge in [0.25, 0.3) is 5.91 Å². The summed E-state index contributed by atoms with van der Waals surface area (Å²) in [5.74, 6) is -1.23. The maximum Gasteiger partial charge on any atom is 0.329 e. The van der Waals surface area contributed by atoms with Crippen LogP contribution in [-0.4, -0.2) is 38.1 Å². The molecular weight excluding hydrogens is 444 g/mol. The van der Waals surface area contributed by atoms with Gasteiger partial charge in [0.05, 0.1) is 23.5 Å². The summed E-state index contributed by atoms with van der Waals surface area (Å²) >= 11 is 0. The number of hydrogen-bond acceptors (Lipinski definition) is 3. The molecule has 0 aliphatic carbocycles. The minimum Gasteiger partial charge on any atom is -0.481 e. The molecule has 2 heterocycles. The van der Waals surface area contributed by atoms with Crippen LogP contribution in [0.4, 0.5) is 0 Å². The average Bonchev–Trinajstić information content (AvgIpc) is 3.35. The number of carbonyl (C=O) groups is 2. The first-order valence-electron chi connectivity index (χ1n) is 12.0. The Morgan fingerprint density at radius 2 is 1.86 bits per heavy atom. The Morgan fingerprint density at radius 1 is 1.11 bits per heavy atom. The molecule has 4 aromatic rings. The van der Waals surface area contributed by atoms with Gasteiger partial charge in [-0.15, -0.1) is 0 Å². The van der Waals surface area contributed by atoms with E-state index in [2.05, 4.69) is 36.3 Å². The molecule has 2 aromatic heterocycles. The number of imidazole rings is 1. The molecule has 2 aromatic carbocycles. The highest BCUT2D eigenvalue weighted by atomic mass is 16.4. The number of nitrogens with one attached hydrogen (secondary N) is 2. The van der Waals surface area contributed by atoms with Crippen LogP contribution in [0.2, 0.25) is 0 Å². The summed E-state index contributed by atoms with van der Waals surface area (Å²) < 4.78 is 3.29. The molecule has 184 valence electrons. The molecule has 0 saturated carbocycles. The number of hydrogen-bond donors (Lipinski definition) is 3. The van der Waals surface area contributed by atoms with E-state index in [0.29, 0.717) is 23.0 Å². The fraction of sp³-hybridized carbons (Fsp3) is 0.370. The highest BCUT2D eigenvalue weighted by molar-refractivity contribution is 5.97. The van der Waals surface area contributed by atoms with Gasteiger partial charge in [-0.1, -0.05) is 19.4 Å². The van der Waals surface area contributed by atoms with Crippen LogP contribution in [0, 0.1) is 13.8 Å². The second kappa shape index (κ2) is 9.44. The lowest BCUT2D eigenvalue weighted by molar-refractivity contribution is -0.137. The number of aromatic nitrogens is 3. The number of rotatable bonds is 8. The van der Waals surface area contributed by atoms with Gasteiger partial charge in [-0.05, 0) is 62.6 Å². The molecule has 2 atom stereocenters. The van der Waals surface area contributed by atoms with E-state index < -0.39 is 12.0 Å². The number of nitrogens with zero attached hydrogens (tertiary/aromatic N) is 2. The van der Waals surface area contributed by atoms with E-state index in [-0.39, 0.29) is 24.1 Å². The van der Waals surface area contributed by atoms with E-state index >= 15 is 0 Å². The first-order chi connectivity index (χ1) is 16.7. The van der Waals surface area contributed by atoms with E-state index in [4.69, 9.17) is 0 Å². The predicted molar refractivity (Wildman–Crippen MR) is 137 cm³/mol. The van der Waals surface area contributed by atoms with E-state index in [9.17, 15) is 19.5 Å². The standard InChI is InChI=1S/C27H32N4O4/c1-6-7-19(13-24(32)33)31-23-12-18(26(34)28-5)8-9-22(23)30(27(31)35)17(4)20-14-29-21-11-15(2)10-16(3)25(20)21/h8-12,14,17,19,29H,6-7,13H2,1-5H3,(H,28,34)(H,32,33). The molecule has 8 heteroatoms. The van der Waals surface area contributed by atoms with Gasteiger partial charge in [0, 0.05) is 41.3 Å². The number of H-pyrrole nitrogens is 1. The summed E-state index contributed by atoms with van der Waals surface area (Å²) in [7, 11) is 1.55. The van der Waals surface area contributed by atoms with Crippen LogP contribution < -0.4 is 11.0 Å². The van der Waals surface area contributed by atoms with Crippen molar-refractivity contribution >= 4 is 33.8 Å². The number of aliphatic carboxylic acids is 1. The van der Waals surface area contributed by atoms with Crippen LogP contribution in [0.1, 0.15) is 72.2 Å². The van der Waals surface area contributed by atoms with Gasteiger partial charge >= 0.3 is 11.7 Å². The number of aromatic amines is 1. The molecule has 2 unspecified atom stereocenters. The topological polar surface area (TPSA) is 109 Å². The first-order valence-corrected chi connectivity index (χ1v) is 12.0. The first kappa shape index (κ1) is 24.3. The average molecular weight is 477 g/mol. The van der Waals surface area contributed by atoms with Crippen molar-refractivity contribution < 1.29 is 14.7 Å². The molecule has 3 N–H and O–H groups in total. The Bertz CT molecular complexity index is 1490. The van der Waals surface area contributed by atoms with Crippen molar-refractivity contribution in [2.45, 2.75) is 59.0 Å². The third-order valence-corrected chi connectivity index (χ3v) is 6.78. The minimum absolute atomic E-state index is 0.170. The molecular formula is C27H32N4O4. The number of fused-ring (bicyclic) bond motifs is 2. The van der Waals surface area contributed by atoms with Crippen LogP contribution in [0.3, 0.4) is 0 Å². The van der Waals surface area contributed by atoms with Gasteiger partial charge in [-0.3, -0.25) is 18.7 Å². The van der Waals surface area contributed by atoms with Crippen molar-refractivity contribution in [1.29, 1.82) is 0 Å². The summed E-state index contributed by atoms with van der Waals surface area (Å²) in [6.45, 7) is 8.06. The zero-order chi connectivity index (χ0) is 25.4. The van der Waals surface area contributed by atoms with Gasteiger partial charge < -0.3 is 15.4 Å². The van der Waals surface area contributed by atoms with E-state index in [1.165, 1.54) is 0 Å². The highest BCUT2D eigenvalue weighted by Crippen LogP contribution is 2.33. The normalized spacial score (nSPS) is 13.3. The fourth-order valence-electron chi connectivity index (χ4n) is 5.27. The summed E-state index contributed by atoms with van der Waals surface area (Å²) in [4.78, 5) is 41.4. The number of benzene rings is 2. The molecule has 4 rings (SSSR count). The van der Waals surface area contributed by atoms with Crippen LogP contribution in [0.15, 0.2) is 41.3 Å². The Balaban J connectivity index is 2.00. The number of carboxylic acids is 1. The maximum absolute atomic E-state index is 14.0. The molecule has 0 aliphatic rings. The minimum atomic E-state index is -0.964. The lowest BCUT2D eigenvalue weighted by atomic mass is 10.0. The van der Waals surface area contributed by atoms with E-state index in [0.717, 1.165) is 34.0 Å². The molecule has 0 radical (unpaired) electrons. The Hall–Kier alpha value is -3.81. The quantitative estimate of drug-likeness (QED) is 0.343. The summed E-state index contributed by atoms with van der Waals surface area (Å²) in [5, 5.41) is 13.3. The van der Waals surface area contributed by atoms with Gasteiger partial charge in [0.1, 0.15) is 0 Å². The SMILES string of the molecule is CCCC(CC(=O)O)n1c(=O)n(C(C)c2c[nH]c3cc(C)cc(C)c23)c2ccc(C(=O)NC)cc21. The lowest BCUT2D eigenvalue weighted by Gasteiger charge is -2.17. The molecule has 0 aliphatic heterocycles. The Morgan fingerprint density at radius 3 is 2.51 bits per heavy atom. The molecule has 0 fully saturated rings. The second-order valence-electron chi connectivity index (χ2n) is 9.27. The summed E-state index contributed by atoms with van der Waals surface area (Å²) in [6, 6.07) is 8.54. The van der Waals surface area contributed by atoms with Crippen LogP contribution in [0.25, 0.3) is 21.9 Å². The molecule has 8 nitrogen and oxygen atoms in total. The van der Waals surface area contributed by atoms with Gasteiger partial charge in [0.2, 0.25) is 0 Å². The van der Waals surface area contributed by atoms with Crippen LogP contribution in [-0.2, 0) is 4.79 Å². The zero-order valence-electron chi connectivity index (χ0n) is 20.8. The number of aryl methyl sites for hydroxylation is 2. The van der Waals surface area contributed by atoms with Gasteiger partial charge in [-0.2, -0.15) is 0 Å². The van der Waals surface area contributed by atoms with Crippen molar-refractivity contribution in [3.05, 3.63) is 69.3 Å². The molecule has 0 bridgehead atoms. The maximum atomic E-state index is 14.0. The van der Waals surface area contributed by atoms with Crippen molar-refractivity contribution in [1.82, 2.24) is 19.4 Å². The third kappa shape index (κ3) is 4.24. The highest BCUT2D eigenvalue weighted by Gasteiger charge is 2.27. The van der Waals surface area contributed by atoms with Crippen LogP contribution in [0.5, 0.6) is 0 Å². The third-order valence-electron chi connectivity index (χ3n) is 6.78. The van der Waals surface area contributed by atoms with Crippen molar-refractivity contribution in [3.8, 4) is 0 Å². The lowest BCUT2D eigenvalue weighted by Crippen LogP contribution is -2.30. The molecule has 0 spiro atoms. The van der Waals surface area contributed by atoms with E-state index in [1.807, 2.05) is 20.0 Å². The zero-order valence-corrected chi connectivity index (χ0v) is 20.8. The van der Waals surface area contributed by atoms with E-state index in [1.54, 1.807) is 34.4 Å². The molecule has 35 heavy (non-hydrogen) atoms. The van der Waals surface area contributed by atoms with Crippen molar-refractivity contribution in [2.24, 2.45) is 0 Å². The second-order valence-corrected chi connectivity index (χ2v) is 9.27. The smallest absolute Gasteiger partial charge is 0.329 e. The number of amides is 1. The van der Waals surface area contributed by atoms with Crippen molar-refractivity contribution in [3.63, 3.8) is 0 Å². The van der Waals surface area contributed by atoms with Gasteiger partial charge in [-0.25, -0.2) is 4.79 Å². The fourth-order valence-corrected chi connectivity index (χ4v) is 5.27.